The molecule has 1 aliphatic carbocycles. The van der Waals surface area contributed by atoms with Crippen LogP contribution in [-0.2, 0) is 9.59 Å². The van der Waals surface area contributed by atoms with Gasteiger partial charge in [0.05, 0.1) is 12.6 Å². The van der Waals surface area contributed by atoms with Crippen molar-refractivity contribution in [2.45, 2.75) is 44.7 Å². The topological polar surface area (TPSA) is 59.1 Å². The third-order valence-electron chi connectivity index (χ3n) is 7.24. The minimum atomic E-state index is -0.179. The maximum Gasteiger partial charge on any atom is 0.241 e. The molecule has 2 heterocycles. The molecule has 170 valence electrons. The number of carbonyl (C=O) groups excluding carboxylic acids is 2. The second kappa shape index (κ2) is 10.6. The Labute approximate surface area is 186 Å². The summed E-state index contributed by atoms with van der Waals surface area (Å²) in [5.41, 5.74) is 0.830. The van der Waals surface area contributed by atoms with Gasteiger partial charge in [-0.25, -0.2) is 0 Å². The average molecular weight is 428 g/mol. The minimum Gasteiger partial charge on any atom is -0.339 e. The molecule has 7 nitrogen and oxygen atoms in total. The molecule has 0 aromatic heterocycles. The zero-order valence-electron chi connectivity index (χ0n) is 18.8. The number of hydrogen-bond acceptors (Lipinski definition) is 5. The van der Waals surface area contributed by atoms with Gasteiger partial charge >= 0.3 is 0 Å². The van der Waals surface area contributed by atoms with Crippen molar-refractivity contribution in [2.75, 3.05) is 64.2 Å². The molecule has 1 unspecified atom stereocenters. The lowest BCUT2D eigenvalue weighted by molar-refractivity contribution is -0.135. The summed E-state index contributed by atoms with van der Waals surface area (Å²) in [7, 11) is 0. The lowest BCUT2D eigenvalue weighted by Crippen LogP contribution is -2.56. The molecule has 4 rings (SSSR count). The van der Waals surface area contributed by atoms with Crippen LogP contribution < -0.4 is 5.32 Å². The highest BCUT2D eigenvalue weighted by Crippen LogP contribution is 2.24. The summed E-state index contributed by atoms with van der Waals surface area (Å²) in [6.07, 6.45) is 5.39. The van der Waals surface area contributed by atoms with Crippen LogP contribution in [0.4, 0.5) is 5.69 Å². The monoisotopic (exact) mass is 427 g/mol. The van der Waals surface area contributed by atoms with Gasteiger partial charge in [0, 0.05) is 64.1 Å². The molecule has 1 aromatic carbocycles. The largest absolute Gasteiger partial charge is 0.339 e. The molecule has 0 bridgehead atoms. The van der Waals surface area contributed by atoms with E-state index in [1.807, 2.05) is 42.2 Å². The van der Waals surface area contributed by atoms with E-state index in [2.05, 4.69) is 20.0 Å². The van der Waals surface area contributed by atoms with Crippen LogP contribution in [0.3, 0.4) is 0 Å². The van der Waals surface area contributed by atoms with Crippen molar-refractivity contribution in [3.8, 4) is 0 Å². The summed E-state index contributed by atoms with van der Waals surface area (Å²) in [6, 6.07) is 10.2. The van der Waals surface area contributed by atoms with Crippen LogP contribution in [0.1, 0.15) is 32.6 Å². The van der Waals surface area contributed by atoms with Crippen LogP contribution in [0.15, 0.2) is 30.3 Å². The first-order chi connectivity index (χ1) is 15.1. The first-order valence-electron chi connectivity index (χ1n) is 11.9. The summed E-state index contributed by atoms with van der Waals surface area (Å²) in [5.74, 6) is 0.283. The number of rotatable bonds is 6. The molecule has 1 aromatic rings. The molecule has 2 saturated heterocycles. The number of nitrogens with one attached hydrogen (secondary N) is 1. The van der Waals surface area contributed by atoms with Gasteiger partial charge in [-0.1, -0.05) is 31.0 Å². The third-order valence-corrected chi connectivity index (χ3v) is 7.24. The number of nitrogens with zero attached hydrogens (tertiary/aromatic N) is 4. The van der Waals surface area contributed by atoms with Gasteiger partial charge in [0.25, 0.3) is 0 Å². The van der Waals surface area contributed by atoms with Gasteiger partial charge in [0.2, 0.25) is 11.8 Å². The van der Waals surface area contributed by atoms with Crippen molar-refractivity contribution in [1.82, 2.24) is 19.6 Å². The Kier molecular flexibility index (Phi) is 7.58. The molecule has 31 heavy (non-hydrogen) atoms. The number of anilines is 1. The second-order valence-electron chi connectivity index (χ2n) is 9.20. The number of benzene rings is 1. The lowest BCUT2D eigenvalue weighted by atomic mass is 10.1. The number of para-hydroxylation sites is 1. The molecule has 0 spiro atoms. The maximum absolute atomic E-state index is 12.8. The van der Waals surface area contributed by atoms with E-state index >= 15 is 0 Å². The van der Waals surface area contributed by atoms with E-state index in [0.29, 0.717) is 6.54 Å². The van der Waals surface area contributed by atoms with E-state index in [4.69, 9.17) is 0 Å². The fourth-order valence-electron chi connectivity index (χ4n) is 5.14. The SMILES string of the molecule is CC(C(=O)Nc1ccccc1)N1CCN(CC(=O)N2CCN(C3CCCC3)CC2)CC1. The van der Waals surface area contributed by atoms with Crippen molar-refractivity contribution in [1.29, 1.82) is 0 Å². The predicted molar refractivity (Wildman–Crippen MR) is 123 cm³/mol. The highest BCUT2D eigenvalue weighted by Gasteiger charge is 2.30. The van der Waals surface area contributed by atoms with E-state index in [0.717, 1.165) is 64.1 Å². The van der Waals surface area contributed by atoms with Gasteiger partial charge in [-0.15, -0.1) is 0 Å². The van der Waals surface area contributed by atoms with Gasteiger partial charge in [-0.2, -0.15) is 0 Å². The first-order valence-corrected chi connectivity index (χ1v) is 11.9. The van der Waals surface area contributed by atoms with Crippen LogP contribution in [0, 0.1) is 0 Å². The quantitative estimate of drug-likeness (QED) is 0.749. The summed E-state index contributed by atoms with van der Waals surface area (Å²) in [4.78, 5) is 34.5. The van der Waals surface area contributed by atoms with Crippen molar-refractivity contribution < 1.29 is 9.59 Å². The highest BCUT2D eigenvalue weighted by molar-refractivity contribution is 5.94. The Hall–Kier alpha value is -1.96. The third kappa shape index (κ3) is 5.84. The Morgan fingerprint density at radius 3 is 2.23 bits per heavy atom. The van der Waals surface area contributed by atoms with Gasteiger partial charge < -0.3 is 10.2 Å². The average Bonchev–Trinajstić information content (AvgIpc) is 3.35. The molecule has 7 heteroatoms. The van der Waals surface area contributed by atoms with Gasteiger partial charge in [0.15, 0.2) is 0 Å². The van der Waals surface area contributed by atoms with E-state index in [1.165, 1.54) is 25.7 Å². The molecular weight excluding hydrogens is 390 g/mol. The van der Waals surface area contributed by atoms with Crippen molar-refractivity contribution in [2.24, 2.45) is 0 Å². The molecule has 1 saturated carbocycles. The second-order valence-corrected chi connectivity index (χ2v) is 9.20. The molecule has 3 fully saturated rings. The molecule has 2 aliphatic heterocycles. The number of hydrogen-bond donors (Lipinski definition) is 1. The van der Waals surface area contributed by atoms with Crippen molar-refractivity contribution in [3.63, 3.8) is 0 Å². The summed E-state index contributed by atoms with van der Waals surface area (Å²) < 4.78 is 0. The molecule has 1 atom stereocenters. The van der Waals surface area contributed by atoms with Gasteiger partial charge in [0.1, 0.15) is 0 Å². The maximum atomic E-state index is 12.8. The summed E-state index contributed by atoms with van der Waals surface area (Å²) in [5, 5.41) is 2.99. The standard InChI is InChI=1S/C24H37N5O2/c1-20(24(31)25-21-7-3-2-4-8-21)27-13-11-26(12-14-27)19-23(30)29-17-15-28(16-18-29)22-9-5-6-10-22/h2-4,7-8,20,22H,5-6,9-19H2,1H3,(H,25,31). The number of piperazine rings is 2. The van der Waals surface area contributed by atoms with Crippen LogP contribution in [-0.4, -0.2) is 102 Å². The highest BCUT2D eigenvalue weighted by atomic mass is 16.2. The molecule has 0 radical (unpaired) electrons. The van der Waals surface area contributed by atoms with Crippen molar-refractivity contribution in [3.05, 3.63) is 30.3 Å². The van der Waals surface area contributed by atoms with Crippen LogP contribution in [0.5, 0.6) is 0 Å². The predicted octanol–water partition coefficient (Wildman–Crippen LogP) is 1.72. The Morgan fingerprint density at radius 2 is 1.58 bits per heavy atom. The normalized spacial score (nSPS) is 23.1. The van der Waals surface area contributed by atoms with E-state index < -0.39 is 0 Å². The van der Waals surface area contributed by atoms with Gasteiger partial charge in [-0.05, 0) is 31.9 Å². The smallest absolute Gasteiger partial charge is 0.241 e. The molecule has 1 N–H and O–H groups in total. The van der Waals surface area contributed by atoms with Crippen LogP contribution in [0.25, 0.3) is 0 Å². The molecule has 2 amide bonds. The summed E-state index contributed by atoms with van der Waals surface area (Å²) >= 11 is 0. The number of carbonyl (C=O) groups is 2. The summed E-state index contributed by atoms with van der Waals surface area (Å²) in [6.45, 7) is 9.53. The minimum absolute atomic E-state index is 0.0239. The Morgan fingerprint density at radius 1 is 0.935 bits per heavy atom. The fourth-order valence-corrected chi connectivity index (χ4v) is 5.14. The van der Waals surface area contributed by atoms with E-state index in [-0.39, 0.29) is 17.9 Å². The fraction of sp³-hybridized carbons (Fsp3) is 0.667. The lowest BCUT2D eigenvalue weighted by Gasteiger charge is -2.40. The molecule has 3 aliphatic rings. The first kappa shape index (κ1) is 22.2. The zero-order chi connectivity index (χ0) is 21.6. The van der Waals surface area contributed by atoms with Crippen molar-refractivity contribution >= 4 is 17.5 Å². The Bertz CT molecular complexity index is 721. The zero-order valence-corrected chi connectivity index (χ0v) is 18.8. The van der Waals surface area contributed by atoms with Gasteiger partial charge in [-0.3, -0.25) is 24.3 Å². The van der Waals surface area contributed by atoms with E-state index in [9.17, 15) is 9.59 Å². The van der Waals surface area contributed by atoms with Crippen LogP contribution in [0.2, 0.25) is 0 Å². The Balaban J connectivity index is 1.17. The van der Waals surface area contributed by atoms with Crippen LogP contribution >= 0.6 is 0 Å². The number of amides is 2. The van der Waals surface area contributed by atoms with E-state index in [1.54, 1.807) is 0 Å². The molecular formula is C24H37N5O2.